The maximum absolute atomic E-state index is 13.9. The minimum absolute atomic E-state index is 0.0627. The van der Waals surface area contributed by atoms with Crippen LogP contribution in [0.3, 0.4) is 0 Å². The van der Waals surface area contributed by atoms with Gasteiger partial charge in [-0.05, 0) is 45.0 Å². The molecule has 0 aliphatic heterocycles. The average Bonchev–Trinajstić information content (AvgIpc) is 3.38. The Morgan fingerprint density at radius 2 is 0.684 bits per heavy atom. The highest BCUT2D eigenvalue weighted by Crippen LogP contribution is 2.26. The first kappa shape index (κ1) is 64.6. The Morgan fingerprint density at radius 1 is 0.408 bits per heavy atom. The smallest absolute Gasteiger partial charge is 0.333 e. The van der Waals surface area contributed by atoms with Crippen molar-refractivity contribution in [2.75, 3.05) is 79.3 Å². The number of benzene rings is 2. The van der Waals surface area contributed by atoms with Gasteiger partial charge in [-0.2, -0.15) is 0 Å². The Balaban J connectivity index is 2.23. The van der Waals surface area contributed by atoms with Crippen LogP contribution in [0.25, 0.3) is 0 Å². The van der Waals surface area contributed by atoms with Crippen molar-refractivity contribution in [2.45, 2.75) is 71.9 Å². The molecule has 2 aromatic carbocycles. The van der Waals surface area contributed by atoms with Crippen LogP contribution in [0.5, 0.6) is 23.0 Å². The van der Waals surface area contributed by atoms with Crippen LogP contribution in [0.15, 0.2) is 85.0 Å². The van der Waals surface area contributed by atoms with Crippen LogP contribution in [0.4, 0.5) is 0 Å². The first-order valence-corrected chi connectivity index (χ1v) is 23.7. The lowest BCUT2D eigenvalue weighted by atomic mass is 9.86. The summed E-state index contributed by atoms with van der Waals surface area (Å²) in [5, 5.41) is 41.9. The Bertz CT molecular complexity index is 2270. The van der Waals surface area contributed by atoms with Crippen molar-refractivity contribution in [3.63, 3.8) is 0 Å². The first-order chi connectivity index (χ1) is 35.9. The lowest BCUT2D eigenvalue weighted by molar-refractivity contribution is -0.170. The molecular weight excluding hydrogens is 1010 g/mol. The van der Waals surface area contributed by atoms with Crippen LogP contribution in [-0.2, 0) is 76.3 Å². The number of hydrogen-bond acceptors (Lipinski definition) is 24. The number of hydrogen-bond donors (Lipinski definition) is 4. The van der Waals surface area contributed by atoms with E-state index in [0.29, 0.717) is 0 Å². The zero-order valence-corrected chi connectivity index (χ0v) is 43.1. The van der Waals surface area contributed by atoms with Crippen LogP contribution in [0, 0.1) is 17.8 Å². The van der Waals surface area contributed by atoms with E-state index in [9.17, 15) is 58.8 Å². The Hall–Kier alpha value is -7.54. The molecular formula is C52H68O24. The fourth-order valence-corrected chi connectivity index (χ4v) is 5.56. The summed E-state index contributed by atoms with van der Waals surface area (Å²) in [5.74, 6) is -11.0. The molecule has 0 aliphatic rings. The lowest BCUT2D eigenvalue weighted by Gasteiger charge is -2.24. The number of aliphatic hydroxyl groups excluding tert-OH is 4. The summed E-state index contributed by atoms with van der Waals surface area (Å²) in [6.07, 6.45) is -7.30. The molecule has 76 heavy (non-hydrogen) atoms. The predicted molar refractivity (Wildman–Crippen MR) is 262 cm³/mol. The van der Waals surface area contributed by atoms with E-state index in [-0.39, 0.29) is 72.1 Å². The van der Waals surface area contributed by atoms with Gasteiger partial charge in [-0.25, -0.2) is 14.4 Å². The Kier molecular flexibility index (Phi) is 29.6. The van der Waals surface area contributed by atoms with Crippen LogP contribution in [0.2, 0.25) is 0 Å². The van der Waals surface area contributed by atoms with Gasteiger partial charge in [-0.1, -0.05) is 45.7 Å². The molecule has 0 aliphatic carbocycles. The van der Waals surface area contributed by atoms with Gasteiger partial charge in [0.15, 0.2) is 0 Å². The van der Waals surface area contributed by atoms with Crippen LogP contribution >= 0.6 is 0 Å². The van der Waals surface area contributed by atoms with E-state index in [4.69, 9.17) is 56.8 Å². The number of carbonyl (C=O) groups is 8. The number of aliphatic hydroxyl groups is 4. The molecule has 0 saturated carbocycles. The molecule has 0 spiro atoms. The van der Waals surface area contributed by atoms with Gasteiger partial charge in [0, 0.05) is 28.9 Å². The van der Waals surface area contributed by atoms with Gasteiger partial charge in [-0.15, -0.1) is 0 Å². The largest absolute Gasteiger partial charge is 0.491 e. The summed E-state index contributed by atoms with van der Waals surface area (Å²) in [6.45, 7) is 12.3. The summed E-state index contributed by atoms with van der Waals surface area (Å²) in [5.41, 5.74) is 0.276. The number of ether oxygens (including phenoxy) is 12. The Morgan fingerprint density at radius 3 is 0.987 bits per heavy atom. The average molecular weight is 1080 g/mol. The molecule has 0 amide bonds. The second-order valence-corrected chi connectivity index (χ2v) is 17.1. The molecule has 2 rings (SSSR count). The molecule has 6 unspecified atom stereocenters. The molecule has 0 heterocycles. The number of rotatable bonds is 37. The summed E-state index contributed by atoms with van der Waals surface area (Å²) < 4.78 is 63.0. The second kappa shape index (κ2) is 34.9. The molecule has 0 fully saturated rings. The number of carbonyl (C=O) groups excluding carboxylic acids is 8. The van der Waals surface area contributed by atoms with E-state index in [0.717, 1.165) is 0 Å². The summed E-state index contributed by atoms with van der Waals surface area (Å²) in [7, 11) is 0. The number of esters is 8. The third-order valence-electron chi connectivity index (χ3n) is 9.58. The monoisotopic (exact) mass is 1080 g/mol. The van der Waals surface area contributed by atoms with E-state index in [1.165, 1.54) is 57.2 Å². The molecule has 6 atom stereocenters. The second-order valence-electron chi connectivity index (χ2n) is 17.1. The van der Waals surface area contributed by atoms with Crippen molar-refractivity contribution in [2.24, 2.45) is 17.8 Å². The molecule has 420 valence electrons. The van der Waals surface area contributed by atoms with Crippen LogP contribution < -0.4 is 18.9 Å². The zero-order chi connectivity index (χ0) is 56.7. The minimum atomic E-state index is -1.90. The summed E-state index contributed by atoms with van der Waals surface area (Å²) >= 11 is 0. The van der Waals surface area contributed by atoms with Gasteiger partial charge in [0.2, 0.25) is 0 Å². The standard InChI is InChI=1S/C52H68O24/c1-31(2)47(59)67-17-15-65-45(57)21-43(51(63)75-29-37(55)25-71-41-13-9-11-39(19-41)69-23-35(53)27-73-49(61)33(5)6)44(22-46(58)66-16-18-68-48(60)32(3)4)52(64)76-30-38(56)26-72-42-14-10-12-40(20-42)70-24-36(54)28-74-50(62)34(7)8/h9-14,19-20,34-38,43-44,53-56H,1,3,5,15-18,21-30H2,2,4,6-8H3. The fraction of sp³-hybridized carbons (Fsp3) is 0.500. The van der Waals surface area contributed by atoms with Gasteiger partial charge in [0.25, 0.3) is 0 Å². The maximum atomic E-state index is 13.9. The molecule has 0 aromatic heterocycles. The third kappa shape index (κ3) is 27.1. The van der Waals surface area contributed by atoms with Crippen molar-refractivity contribution < 1.29 is 116 Å². The summed E-state index contributed by atoms with van der Waals surface area (Å²) in [4.78, 5) is 101. The van der Waals surface area contributed by atoms with E-state index in [2.05, 4.69) is 19.7 Å². The van der Waals surface area contributed by atoms with Crippen molar-refractivity contribution in [1.29, 1.82) is 0 Å². The first-order valence-electron chi connectivity index (χ1n) is 23.7. The molecule has 0 saturated heterocycles. The van der Waals surface area contributed by atoms with Crippen LogP contribution in [-0.4, -0.2) is 172 Å². The van der Waals surface area contributed by atoms with Gasteiger partial charge < -0.3 is 77.3 Å². The van der Waals surface area contributed by atoms with Crippen molar-refractivity contribution in [1.82, 2.24) is 0 Å². The normalized spacial score (nSPS) is 13.1. The lowest BCUT2D eigenvalue weighted by Crippen LogP contribution is -2.39. The van der Waals surface area contributed by atoms with Crippen LogP contribution in [0.1, 0.15) is 47.5 Å². The van der Waals surface area contributed by atoms with Gasteiger partial charge in [0.1, 0.15) is 127 Å². The van der Waals surface area contributed by atoms with E-state index in [1.54, 1.807) is 26.0 Å². The molecule has 24 heteroatoms. The van der Waals surface area contributed by atoms with E-state index < -0.39 is 150 Å². The third-order valence-corrected chi connectivity index (χ3v) is 9.58. The molecule has 2 aromatic rings. The summed E-state index contributed by atoms with van der Waals surface area (Å²) in [6, 6.07) is 12.0. The quantitative estimate of drug-likeness (QED) is 0.0326. The van der Waals surface area contributed by atoms with Gasteiger partial charge >= 0.3 is 47.8 Å². The molecule has 0 radical (unpaired) electrons. The highest BCUT2D eigenvalue weighted by molar-refractivity contribution is 5.89. The van der Waals surface area contributed by atoms with Gasteiger partial charge in [-0.3, -0.25) is 24.0 Å². The van der Waals surface area contributed by atoms with E-state index >= 15 is 0 Å². The van der Waals surface area contributed by atoms with Crippen molar-refractivity contribution in [3.8, 4) is 23.0 Å². The minimum Gasteiger partial charge on any atom is -0.491 e. The highest BCUT2D eigenvalue weighted by atomic mass is 16.6. The van der Waals surface area contributed by atoms with E-state index in [1.807, 2.05) is 0 Å². The molecule has 4 N–H and O–H groups in total. The maximum Gasteiger partial charge on any atom is 0.333 e. The predicted octanol–water partition coefficient (Wildman–Crippen LogP) is 2.09. The van der Waals surface area contributed by atoms with Crippen molar-refractivity contribution >= 4 is 47.8 Å². The molecule has 24 nitrogen and oxygen atoms in total. The zero-order valence-electron chi connectivity index (χ0n) is 43.1. The SMILES string of the molecule is C=C(C)C(=O)OCCOC(=O)CC(C(=O)OCC(O)COc1cccc(OCC(O)COC(=O)C(=C)C)c1)C(CC(=O)OCCOC(=O)C(=C)C)C(=O)OCC(O)COc1cccc(OCC(O)COC(=O)C(C)C)c1. The highest BCUT2D eigenvalue weighted by Gasteiger charge is 2.40. The van der Waals surface area contributed by atoms with Crippen molar-refractivity contribution in [3.05, 3.63) is 85.0 Å². The van der Waals surface area contributed by atoms with Gasteiger partial charge in [0.05, 0.1) is 30.6 Å². The Labute approximate surface area is 439 Å². The fourth-order valence-electron chi connectivity index (χ4n) is 5.56. The molecule has 0 bridgehead atoms. The topological polar surface area (TPSA) is 328 Å².